The van der Waals surface area contributed by atoms with E-state index in [4.69, 9.17) is 0 Å². The molecule has 0 atom stereocenters. The Labute approximate surface area is 172 Å². The molecule has 1 N–H and O–H groups in total. The van der Waals surface area contributed by atoms with Crippen molar-refractivity contribution in [2.45, 2.75) is 20.4 Å². The van der Waals surface area contributed by atoms with Gasteiger partial charge in [-0.25, -0.2) is 0 Å². The van der Waals surface area contributed by atoms with Crippen LogP contribution in [0.25, 0.3) is 0 Å². The third-order valence-electron chi connectivity index (χ3n) is 5.57. The van der Waals surface area contributed by atoms with Gasteiger partial charge < -0.3 is 14.9 Å². The number of piperazine rings is 1. The fourth-order valence-electron chi connectivity index (χ4n) is 3.79. The van der Waals surface area contributed by atoms with Crippen LogP contribution >= 0.6 is 0 Å². The van der Waals surface area contributed by atoms with E-state index in [0.717, 1.165) is 43.8 Å². The second-order valence-corrected chi connectivity index (χ2v) is 7.28. The number of hydrogen-bond donors (Lipinski definition) is 1. The smallest absolute Gasteiger partial charge is 0.209 e. The molecule has 3 rings (SSSR count). The predicted molar refractivity (Wildman–Crippen MR) is 114 cm³/mol. The molecular weight excluding hydrogens is 366 g/mol. The number of carbonyl (C=O) groups is 2. The molecule has 2 aromatic rings. The maximum atomic E-state index is 13.2. The zero-order chi connectivity index (χ0) is 20.8. The zero-order valence-electron chi connectivity index (χ0n) is 17.2. The summed E-state index contributed by atoms with van der Waals surface area (Å²) in [5.41, 5.74) is 2.77. The van der Waals surface area contributed by atoms with Crippen molar-refractivity contribution in [3.8, 4) is 5.75 Å². The lowest BCUT2D eigenvalue weighted by Gasteiger charge is -2.32. The molecule has 154 valence electrons. The van der Waals surface area contributed by atoms with Crippen LogP contribution in [0.2, 0.25) is 0 Å². The van der Waals surface area contributed by atoms with E-state index in [1.54, 1.807) is 17.0 Å². The summed E-state index contributed by atoms with van der Waals surface area (Å²) in [6, 6.07) is 12.8. The number of amides is 1. The lowest BCUT2D eigenvalue weighted by molar-refractivity contribution is -0.119. The SMILES string of the molecule is CCN(CC)c1ccc(C(=O)c2ccccc2CN2CCN(C=O)CC2)c(O)c1. The van der Waals surface area contributed by atoms with Gasteiger partial charge in [0.1, 0.15) is 5.75 Å². The van der Waals surface area contributed by atoms with E-state index >= 15 is 0 Å². The molecule has 0 spiro atoms. The summed E-state index contributed by atoms with van der Waals surface area (Å²) in [6.45, 7) is 9.41. The Hall–Kier alpha value is -2.86. The number of phenolic OH excluding ortho intramolecular Hbond substituents is 1. The first kappa shape index (κ1) is 20.9. The van der Waals surface area contributed by atoms with Crippen LogP contribution in [-0.4, -0.2) is 66.4 Å². The summed E-state index contributed by atoms with van der Waals surface area (Å²) in [7, 11) is 0. The zero-order valence-corrected chi connectivity index (χ0v) is 17.2. The molecule has 1 aliphatic heterocycles. The highest BCUT2D eigenvalue weighted by Gasteiger charge is 2.21. The number of phenols is 1. The van der Waals surface area contributed by atoms with Crippen LogP contribution in [0, 0.1) is 0 Å². The number of aromatic hydroxyl groups is 1. The quantitative estimate of drug-likeness (QED) is 0.550. The van der Waals surface area contributed by atoms with Crippen molar-refractivity contribution in [1.29, 1.82) is 0 Å². The average molecular weight is 396 g/mol. The molecule has 6 nitrogen and oxygen atoms in total. The molecule has 29 heavy (non-hydrogen) atoms. The van der Waals surface area contributed by atoms with Gasteiger partial charge in [0.15, 0.2) is 5.78 Å². The van der Waals surface area contributed by atoms with Gasteiger partial charge in [0.25, 0.3) is 0 Å². The molecule has 1 saturated heterocycles. The standard InChI is InChI=1S/C23H29N3O3/c1-3-26(4-2)19-9-10-21(22(28)15-19)23(29)20-8-6-5-7-18(20)16-24-11-13-25(17-27)14-12-24/h5-10,15,17,28H,3-4,11-14,16H2,1-2H3. The van der Waals surface area contributed by atoms with E-state index in [1.165, 1.54) is 0 Å². The highest BCUT2D eigenvalue weighted by Crippen LogP contribution is 2.28. The second kappa shape index (κ2) is 9.56. The van der Waals surface area contributed by atoms with Crippen molar-refractivity contribution in [2.24, 2.45) is 0 Å². The first-order valence-electron chi connectivity index (χ1n) is 10.2. The number of hydrogen-bond acceptors (Lipinski definition) is 5. The Balaban J connectivity index is 1.80. The van der Waals surface area contributed by atoms with Gasteiger partial charge in [-0.05, 0) is 31.5 Å². The van der Waals surface area contributed by atoms with Gasteiger partial charge >= 0.3 is 0 Å². The van der Waals surface area contributed by atoms with Crippen molar-refractivity contribution in [1.82, 2.24) is 9.80 Å². The molecule has 1 aliphatic rings. The number of benzene rings is 2. The molecule has 0 bridgehead atoms. The Morgan fingerprint density at radius 1 is 1.03 bits per heavy atom. The summed E-state index contributed by atoms with van der Waals surface area (Å²) in [5, 5.41) is 10.5. The van der Waals surface area contributed by atoms with Crippen LogP contribution in [0.15, 0.2) is 42.5 Å². The lowest BCUT2D eigenvalue weighted by atomic mass is 9.97. The minimum Gasteiger partial charge on any atom is -0.507 e. The summed E-state index contributed by atoms with van der Waals surface area (Å²) in [5.74, 6) is -0.162. The predicted octanol–water partition coefficient (Wildman–Crippen LogP) is 2.74. The molecule has 1 heterocycles. The Morgan fingerprint density at radius 2 is 1.72 bits per heavy atom. The van der Waals surface area contributed by atoms with Crippen LogP contribution in [0.5, 0.6) is 5.75 Å². The maximum absolute atomic E-state index is 13.2. The molecule has 1 amide bonds. The molecule has 6 heteroatoms. The number of carbonyl (C=O) groups excluding carboxylic acids is 2. The molecular formula is C23H29N3O3. The third kappa shape index (κ3) is 4.77. The molecule has 0 unspecified atom stereocenters. The number of nitrogens with zero attached hydrogens (tertiary/aromatic N) is 3. The van der Waals surface area contributed by atoms with E-state index < -0.39 is 0 Å². The van der Waals surface area contributed by atoms with Crippen molar-refractivity contribution in [2.75, 3.05) is 44.2 Å². The van der Waals surface area contributed by atoms with E-state index in [1.807, 2.05) is 30.3 Å². The van der Waals surface area contributed by atoms with E-state index in [9.17, 15) is 14.7 Å². The molecule has 0 radical (unpaired) electrons. The second-order valence-electron chi connectivity index (χ2n) is 7.28. The van der Waals surface area contributed by atoms with Crippen molar-refractivity contribution >= 4 is 17.9 Å². The van der Waals surface area contributed by atoms with E-state index in [0.29, 0.717) is 30.8 Å². The maximum Gasteiger partial charge on any atom is 0.209 e. The van der Waals surface area contributed by atoms with Gasteiger partial charge in [-0.3, -0.25) is 14.5 Å². The largest absolute Gasteiger partial charge is 0.507 e. The molecule has 0 aliphatic carbocycles. The van der Waals surface area contributed by atoms with Crippen LogP contribution < -0.4 is 4.90 Å². The fraction of sp³-hybridized carbons (Fsp3) is 0.391. The summed E-state index contributed by atoms with van der Waals surface area (Å²) in [6.07, 6.45) is 0.888. The van der Waals surface area contributed by atoms with Gasteiger partial charge in [0, 0.05) is 63.1 Å². The normalized spacial score (nSPS) is 14.6. The Morgan fingerprint density at radius 3 is 2.34 bits per heavy atom. The van der Waals surface area contributed by atoms with Crippen LogP contribution in [-0.2, 0) is 11.3 Å². The highest BCUT2D eigenvalue weighted by molar-refractivity contribution is 6.11. The fourth-order valence-corrected chi connectivity index (χ4v) is 3.79. The first-order chi connectivity index (χ1) is 14.1. The third-order valence-corrected chi connectivity index (χ3v) is 5.57. The summed E-state index contributed by atoms with van der Waals surface area (Å²) >= 11 is 0. The van der Waals surface area contributed by atoms with Crippen LogP contribution in [0.1, 0.15) is 35.3 Å². The summed E-state index contributed by atoms with van der Waals surface area (Å²) < 4.78 is 0. The first-order valence-corrected chi connectivity index (χ1v) is 10.2. The van der Waals surface area contributed by atoms with Gasteiger partial charge in [0.05, 0.1) is 5.56 Å². The van der Waals surface area contributed by atoms with Crippen molar-refractivity contribution < 1.29 is 14.7 Å². The molecule has 2 aromatic carbocycles. The van der Waals surface area contributed by atoms with Gasteiger partial charge in [0.2, 0.25) is 6.41 Å². The van der Waals surface area contributed by atoms with Crippen LogP contribution in [0.3, 0.4) is 0 Å². The van der Waals surface area contributed by atoms with E-state index in [2.05, 4.69) is 23.6 Å². The summed E-state index contributed by atoms with van der Waals surface area (Å²) in [4.78, 5) is 30.2. The number of anilines is 1. The van der Waals surface area contributed by atoms with Gasteiger partial charge in [-0.1, -0.05) is 24.3 Å². The van der Waals surface area contributed by atoms with Crippen molar-refractivity contribution in [3.63, 3.8) is 0 Å². The molecule has 0 saturated carbocycles. The van der Waals surface area contributed by atoms with Gasteiger partial charge in [-0.15, -0.1) is 0 Å². The highest BCUT2D eigenvalue weighted by atomic mass is 16.3. The van der Waals surface area contributed by atoms with Gasteiger partial charge in [-0.2, -0.15) is 0 Å². The number of rotatable bonds is 8. The minimum absolute atomic E-state index is 0.00815. The topological polar surface area (TPSA) is 64.1 Å². The number of ketones is 1. The molecule has 0 aromatic heterocycles. The van der Waals surface area contributed by atoms with Crippen LogP contribution in [0.4, 0.5) is 5.69 Å². The molecule has 1 fully saturated rings. The van der Waals surface area contributed by atoms with Crippen molar-refractivity contribution in [3.05, 3.63) is 59.2 Å². The minimum atomic E-state index is -0.171. The van der Waals surface area contributed by atoms with E-state index in [-0.39, 0.29) is 11.5 Å². The lowest BCUT2D eigenvalue weighted by Crippen LogP contribution is -2.45. The Bertz CT molecular complexity index is 856. The Kier molecular flexibility index (Phi) is 6.88. The average Bonchev–Trinajstić information content (AvgIpc) is 2.75. The monoisotopic (exact) mass is 395 g/mol.